The zero-order valence-corrected chi connectivity index (χ0v) is 15.1. The summed E-state index contributed by atoms with van der Waals surface area (Å²) in [6.07, 6.45) is 3.78. The molecule has 0 unspecified atom stereocenters. The molecule has 0 aromatic heterocycles. The summed E-state index contributed by atoms with van der Waals surface area (Å²) >= 11 is 0. The van der Waals surface area contributed by atoms with Crippen LogP contribution < -0.4 is 4.74 Å². The van der Waals surface area contributed by atoms with Crippen LogP contribution in [0.4, 0.5) is 0 Å². The van der Waals surface area contributed by atoms with E-state index in [1.54, 1.807) is 7.11 Å². The molecule has 3 nitrogen and oxygen atoms in total. The minimum Gasteiger partial charge on any atom is -0.531 e. The SMILES string of the molecule is COc1ccc(/C=C(/N=C/c2ccccc2)O[Si](C)(C)C)cc1. The lowest BCUT2D eigenvalue weighted by molar-refractivity contribution is 0.414. The average molecular weight is 325 g/mol. The minimum atomic E-state index is -1.74. The number of ether oxygens (including phenoxy) is 1. The standard InChI is InChI=1S/C19H23NO2Si/c1-21-18-12-10-16(11-13-18)14-19(22-23(2,3)4)20-15-17-8-6-5-7-9-17/h5-15H,1-4H3/b19-14-,20-15+. The van der Waals surface area contributed by atoms with Gasteiger partial charge in [-0.25, -0.2) is 4.99 Å². The predicted molar refractivity (Wildman–Crippen MR) is 99.4 cm³/mol. The van der Waals surface area contributed by atoms with Crippen LogP contribution in [0.15, 0.2) is 65.5 Å². The third-order valence-electron chi connectivity index (χ3n) is 2.96. The van der Waals surface area contributed by atoms with E-state index in [0.29, 0.717) is 5.88 Å². The molecule has 0 aliphatic heterocycles. The molecule has 0 aliphatic carbocycles. The summed E-state index contributed by atoms with van der Waals surface area (Å²) in [4.78, 5) is 4.53. The number of methoxy groups -OCH3 is 1. The molecule has 0 fully saturated rings. The van der Waals surface area contributed by atoms with Gasteiger partial charge in [-0.3, -0.25) is 0 Å². The summed E-state index contributed by atoms with van der Waals surface area (Å²) in [6.45, 7) is 6.44. The third kappa shape index (κ3) is 6.12. The maximum atomic E-state index is 6.09. The van der Waals surface area contributed by atoms with Crippen LogP contribution in [0, 0.1) is 0 Å². The van der Waals surface area contributed by atoms with Crippen molar-refractivity contribution in [3.63, 3.8) is 0 Å². The van der Waals surface area contributed by atoms with E-state index in [-0.39, 0.29) is 0 Å². The van der Waals surface area contributed by atoms with Crippen molar-refractivity contribution in [3.8, 4) is 5.75 Å². The van der Waals surface area contributed by atoms with Gasteiger partial charge in [-0.2, -0.15) is 0 Å². The van der Waals surface area contributed by atoms with Crippen LogP contribution in [0.2, 0.25) is 19.6 Å². The minimum absolute atomic E-state index is 0.637. The summed E-state index contributed by atoms with van der Waals surface area (Å²) in [7, 11) is -0.0754. The second-order valence-electron chi connectivity index (χ2n) is 6.14. The van der Waals surface area contributed by atoms with E-state index in [2.05, 4.69) is 24.6 Å². The lowest BCUT2D eigenvalue weighted by Crippen LogP contribution is -2.24. The zero-order valence-electron chi connectivity index (χ0n) is 14.1. The van der Waals surface area contributed by atoms with Crippen molar-refractivity contribution >= 4 is 20.6 Å². The van der Waals surface area contributed by atoms with Gasteiger partial charge in [-0.15, -0.1) is 0 Å². The molecule has 0 bridgehead atoms. The van der Waals surface area contributed by atoms with Crippen LogP contribution in [0.5, 0.6) is 5.75 Å². The Morgan fingerprint density at radius 1 is 0.913 bits per heavy atom. The summed E-state index contributed by atoms with van der Waals surface area (Å²) in [5.41, 5.74) is 2.08. The summed E-state index contributed by atoms with van der Waals surface area (Å²) in [6, 6.07) is 17.9. The molecule has 0 atom stereocenters. The Bertz CT molecular complexity index is 671. The second-order valence-corrected chi connectivity index (χ2v) is 10.6. The van der Waals surface area contributed by atoms with Crippen LogP contribution in [0.1, 0.15) is 11.1 Å². The van der Waals surface area contributed by atoms with E-state index in [0.717, 1.165) is 16.9 Å². The van der Waals surface area contributed by atoms with E-state index >= 15 is 0 Å². The van der Waals surface area contributed by atoms with E-state index < -0.39 is 8.32 Å². The predicted octanol–water partition coefficient (Wildman–Crippen LogP) is 4.96. The number of aliphatic imine (C=N–C) groups is 1. The van der Waals surface area contributed by atoms with E-state index in [1.165, 1.54) is 0 Å². The van der Waals surface area contributed by atoms with Gasteiger partial charge in [0.15, 0.2) is 5.88 Å². The fraction of sp³-hybridized carbons (Fsp3) is 0.211. The number of hydrogen-bond acceptors (Lipinski definition) is 3. The molecular formula is C19H23NO2Si. The van der Waals surface area contributed by atoms with Gasteiger partial charge >= 0.3 is 0 Å². The first-order valence-electron chi connectivity index (χ1n) is 7.60. The van der Waals surface area contributed by atoms with Crippen LogP contribution in [-0.2, 0) is 4.43 Å². The molecule has 0 spiro atoms. The highest BCUT2D eigenvalue weighted by molar-refractivity contribution is 6.70. The molecule has 120 valence electrons. The van der Waals surface area contributed by atoms with Gasteiger partial charge in [0.05, 0.1) is 7.11 Å². The van der Waals surface area contributed by atoms with E-state index in [9.17, 15) is 0 Å². The summed E-state index contributed by atoms with van der Waals surface area (Å²) in [5, 5.41) is 0. The topological polar surface area (TPSA) is 30.8 Å². The molecule has 4 heteroatoms. The molecule has 0 aliphatic rings. The molecule has 0 radical (unpaired) electrons. The first kappa shape index (κ1) is 17.0. The van der Waals surface area contributed by atoms with Gasteiger partial charge in [0, 0.05) is 12.3 Å². The van der Waals surface area contributed by atoms with Crippen molar-refractivity contribution in [2.24, 2.45) is 4.99 Å². The molecule has 0 N–H and O–H groups in total. The van der Waals surface area contributed by atoms with Gasteiger partial charge in [0.2, 0.25) is 8.32 Å². The zero-order chi connectivity index (χ0) is 16.7. The molecule has 2 aromatic carbocycles. The molecule has 23 heavy (non-hydrogen) atoms. The molecule has 2 aromatic rings. The molecule has 0 amide bonds. The Balaban J connectivity index is 2.25. The first-order valence-corrected chi connectivity index (χ1v) is 11.0. The van der Waals surface area contributed by atoms with Gasteiger partial charge in [-0.1, -0.05) is 42.5 Å². The van der Waals surface area contributed by atoms with Crippen LogP contribution >= 0.6 is 0 Å². The number of hydrogen-bond donors (Lipinski definition) is 0. The van der Waals surface area contributed by atoms with Crippen molar-refractivity contribution in [2.75, 3.05) is 7.11 Å². The fourth-order valence-electron chi connectivity index (χ4n) is 1.93. The normalized spacial score (nSPS) is 12.4. The summed E-state index contributed by atoms with van der Waals surface area (Å²) < 4.78 is 11.3. The Hall–Kier alpha value is -2.33. The van der Waals surface area contributed by atoms with Gasteiger partial charge in [0.1, 0.15) is 5.75 Å². The van der Waals surface area contributed by atoms with Gasteiger partial charge in [0.25, 0.3) is 0 Å². The van der Waals surface area contributed by atoms with Crippen molar-refractivity contribution in [1.82, 2.24) is 0 Å². The Kier molecular flexibility index (Phi) is 5.76. The third-order valence-corrected chi connectivity index (χ3v) is 3.78. The van der Waals surface area contributed by atoms with E-state index in [1.807, 2.05) is 66.9 Å². The number of rotatable bonds is 6. The highest BCUT2D eigenvalue weighted by atomic mass is 28.4. The van der Waals surface area contributed by atoms with Crippen LogP contribution in [-0.4, -0.2) is 21.6 Å². The highest BCUT2D eigenvalue weighted by Crippen LogP contribution is 2.18. The van der Waals surface area contributed by atoms with Crippen LogP contribution in [0.25, 0.3) is 6.08 Å². The lowest BCUT2D eigenvalue weighted by Gasteiger charge is -2.19. The average Bonchev–Trinajstić information content (AvgIpc) is 2.53. The van der Waals surface area contributed by atoms with E-state index in [4.69, 9.17) is 9.16 Å². The lowest BCUT2D eigenvalue weighted by atomic mass is 10.2. The molecule has 0 saturated heterocycles. The molecule has 0 saturated carbocycles. The Labute approximate surface area is 139 Å². The van der Waals surface area contributed by atoms with Gasteiger partial charge in [-0.05, 0) is 42.9 Å². The maximum absolute atomic E-state index is 6.09. The maximum Gasteiger partial charge on any atom is 0.244 e. The van der Waals surface area contributed by atoms with Crippen molar-refractivity contribution < 1.29 is 9.16 Å². The Morgan fingerprint density at radius 2 is 1.57 bits per heavy atom. The van der Waals surface area contributed by atoms with Crippen molar-refractivity contribution in [2.45, 2.75) is 19.6 Å². The highest BCUT2D eigenvalue weighted by Gasteiger charge is 2.17. The second kappa shape index (κ2) is 7.79. The smallest absolute Gasteiger partial charge is 0.244 e. The van der Waals surface area contributed by atoms with Crippen molar-refractivity contribution in [1.29, 1.82) is 0 Å². The summed E-state index contributed by atoms with van der Waals surface area (Å²) in [5.74, 6) is 1.47. The molecule has 0 heterocycles. The van der Waals surface area contributed by atoms with Crippen molar-refractivity contribution in [3.05, 3.63) is 71.6 Å². The fourth-order valence-corrected chi connectivity index (χ4v) is 2.67. The number of nitrogens with zero attached hydrogens (tertiary/aromatic N) is 1. The quantitative estimate of drug-likeness (QED) is 0.427. The molecular weight excluding hydrogens is 302 g/mol. The molecule has 2 rings (SSSR count). The van der Waals surface area contributed by atoms with Gasteiger partial charge < -0.3 is 9.16 Å². The Morgan fingerprint density at radius 3 is 2.13 bits per heavy atom. The number of benzene rings is 2. The monoisotopic (exact) mass is 325 g/mol. The first-order chi connectivity index (χ1) is 11.0. The van der Waals surface area contributed by atoms with Crippen LogP contribution in [0.3, 0.4) is 0 Å². The largest absolute Gasteiger partial charge is 0.531 e.